The number of hydrogen-bond acceptors (Lipinski definition) is 1. The fraction of sp³-hybridized carbons (Fsp3) is 0.429. The van der Waals surface area contributed by atoms with Gasteiger partial charge in [0, 0.05) is 18.5 Å². The molecule has 0 saturated heterocycles. The molecule has 1 nitrogen and oxygen atoms in total. The molecule has 0 amide bonds. The van der Waals surface area contributed by atoms with E-state index in [4.69, 9.17) is 11.6 Å². The van der Waals surface area contributed by atoms with Crippen molar-refractivity contribution in [3.8, 4) is 0 Å². The molecular weight excluding hydrogens is 237 g/mol. The van der Waals surface area contributed by atoms with Gasteiger partial charge in [-0.05, 0) is 24.6 Å². The van der Waals surface area contributed by atoms with E-state index in [9.17, 15) is 4.39 Å². The van der Waals surface area contributed by atoms with E-state index in [1.807, 2.05) is 13.0 Å². The fourth-order valence-electron chi connectivity index (χ4n) is 1.66. The normalized spacial score (nSPS) is 12.8. The van der Waals surface area contributed by atoms with E-state index in [-0.39, 0.29) is 16.8 Å². The number of benzene rings is 1. The molecule has 0 radical (unpaired) electrons. The highest BCUT2D eigenvalue weighted by molar-refractivity contribution is 6.30. The summed E-state index contributed by atoms with van der Waals surface area (Å²) in [5.41, 5.74) is 1.92. The van der Waals surface area contributed by atoms with Crippen molar-refractivity contribution in [2.24, 2.45) is 0 Å². The maximum Gasteiger partial charge on any atom is 0.142 e. The zero-order valence-electron chi connectivity index (χ0n) is 10.6. The SMILES string of the molecule is C=C(C)C(CNC(C)C)c1ccc(Cl)c(F)c1. The second kappa shape index (κ2) is 6.18. The Labute approximate surface area is 108 Å². The Kier molecular flexibility index (Phi) is 5.16. The smallest absolute Gasteiger partial charge is 0.142 e. The maximum absolute atomic E-state index is 13.4. The van der Waals surface area contributed by atoms with Crippen LogP contribution < -0.4 is 5.32 Å². The van der Waals surface area contributed by atoms with Crippen LogP contribution in [-0.4, -0.2) is 12.6 Å². The van der Waals surface area contributed by atoms with Gasteiger partial charge in [-0.2, -0.15) is 0 Å². The first-order chi connectivity index (χ1) is 7.91. The summed E-state index contributed by atoms with van der Waals surface area (Å²) in [7, 11) is 0. The van der Waals surface area contributed by atoms with Crippen molar-refractivity contribution in [1.82, 2.24) is 5.32 Å². The van der Waals surface area contributed by atoms with Gasteiger partial charge in [-0.1, -0.05) is 43.7 Å². The van der Waals surface area contributed by atoms with Crippen LogP contribution in [0.25, 0.3) is 0 Å². The minimum Gasteiger partial charge on any atom is -0.314 e. The van der Waals surface area contributed by atoms with Gasteiger partial charge in [0.15, 0.2) is 0 Å². The van der Waals surface area contributed by atoms with Gasteiger partial charge >= 0.3 is 0 Å². The van der Waals surface area contributed by atoms with E-state index in [1.165, 1.54) is 6.07 Å². The lowest BCUT2D eigenvalue weighted by molar-refractivity contribution is 0.555. The number of rotatable bonds is 5. The Morgan fingerprint density at radius 1 is 1.47 bits per heavy atom. The highest BCUT2D eigenvalue weighted by atomic mass is 35.5. The van der Waals surface area contributed by atoms with Crippen LogP contribution in [0.15, 0.2) is 30.4 Å². The van der Waals surface area contributed by atoms with Crippen molar-refractivity contribution in [1.29, 1.82) is 0 Å². The molecule has 17 heavy (non-hydrogen) atoms. The Hall–Kier alpha value is -0.860. The predicted molar refractivity (Wildman–Crippen MR) is 72.1 cm³/mol. The first-order valence-electron chi connectivity index (χ1n) is 5.75. The highest BCUT2D eigenvalue weighted by Crippen LogP contribution is 2.25. The molecule has 0 heterocycles. The molecule has 1 aromatic carbocycles. The zero-order chi connectivity index (χ0) is 13.0. The number of halogens is 2. The lowest BCUT2D eigenvalue weighted by atomic mass is 9.92. The Morgan fingerprint density at radius 2 is 2.12 bits per heavy atom. The molecule has 1 rings (SSSR count). The van der Waals surface area contributed by atoms with Crippen molar-refractivity contribution in [3.63, 3.8) is 0 Å². The molecule has 0 bridgehead atoms. The van der Waals surface area contributed by atoms with Crippen molar-refractivity contribution < 1.29 is 4.39 Å². The largest absolute Gasteiger partial charge is 0.314 e. The van der Waals surface area contributed by atoms with Gasteiger partial charge in [0.05, 0.1) is 5.02 Å². The van der Waals surface area contributed by atoms with E-state index in [0.29, 0.717) is 6.04 Å². The zero-order valence-corrected chi connectivity index (χ0v) is 11.3. The maximum atomic E-state index is 13.4. The van der Waals surface area contributed by atoms with Gasteiger partial charge in [-0.3, -0.25) is 0 Å². The van der Waals surface area contributed by atoms with Crippen LogP contribution in [0.1, 0.15) is 32.3 Å². The molecule has 94 valence electrons. The summed E-state index contributed by atoms with van der Waals surface area (Å²) in [5.74, 6) is -0.260. The first-order valence-corrected chi connectivity index (χ1v) is 6.13. The molecule has 0 aliphatic heterocycles. The standard InChI is InChI=1S/C14H19ClFN/c1-9(2)12(8-17-10(3)4)11-5-6-13(15)14(16)7-11/h5-7,10,12,17H,1,8H2,2-4H3. The molecule has 0 spiro atoms. The summed E-state index contributed by atoms with van der Waals surface area (Å²) >= 11 is 5.68. The van der Waals surface area contributed by atoms with Crippen LogP contribution in [-0.2, 0) is 0 Å². The van der Waals surface area contributed by atoms with Crippen LogP contribution in [0.2, 0.25) is 5.02 Å². The summed E-state index contributed by atoms with van der Waals surface area (Å²) in [6.07, 6.45) is 0. The lowest BCUT2D eigenvalue weighted by Crippen LogP contribution is -2.28. The van der Waals surface area contributed by atoms with Crippen molar-refractivity contribution in [2.45, 2.75) is 32.7 Å². The molecular formula is C14H19ClFN. The summed E-state index contributed by atoms with van der Waals surface area (Å²) < 4.78 is 13.4. The average Bonchev–Trinajstić information content (AvgIpc) is 2.22. The minimum atomic E-state index is -0.375. The van der Waals surface area contributed by atoms with E-state index in [1.54, 1.807) is 6.07 Å². The van der Waals surface area contributed by atoms with Gasteiger partial charge in [-0.15, -0.1) is 0 Å². The summed E-state index contributed by atoms with van der Waals surface area (Å²) in [6, 6.07) is 5.34. The molecule has 1 unspecified atom stereocenters. The van der Waals surface area contributed by atoms with E-state index in [2.05, 4.69) is 25.7 Å². The summed E-state index contributed by atoms with van der Waals surface area (Å²) in [6.45, 7) is 10.8. The van der Waals surface area contributed by atoms with Crippen LogP contribution >= 0.6 is 11.6 Å². The average molecular weight is 256 g/mol. The Morgan fingerprint density at radius 3 is 2.59 bits per heavy atom. The summed E-state index contributed by atoms with van der Waals surface area (Å²) in [5, 5.41) is 3.50. The third-order valence-corrected chi connectivity index (χ3v) is 2.98. The molecule has 1 atom stereocenters. The van der Waals surface area contributed by atoms with Gasteiger partial charge < -0.3 is 5.32 Å². The molecule has 1 N–H and O–H groups in total. The Bertz CT molecular complexity index is 401. The topological polar surface area (TPSA) is 12.0 Å². The Balaban J connectivity index is 2.89. The van der Waals surface area contributed by atoms with Gasteiger partial charge in [0.2, 0.25) is 0 Å². The molecule has 0 aromatic heterocycles. The fourth-order valence-corrected chi connectivity index (χ4v) is 1.78. The summed E-state index contributed by atoms with van der Waals surface area (Å²) in [4.78, 5) is 0. The first kappa shape index (κ1) is 14.2. The van der Waals surface area contributed by atoms with Gasteiger partial charge in [-0.25, -0.2) is 4.39 Å². The van der Waals surface area contributed by atoms with Crippen LogP contribution in [0, 0.1) is 5.82 Å². The van der Waals surface area contributed by atoms with E-state index in [0.717, 1.165) is 17.7 Å². The van der Waals surface area contributed by atoms with Gasteiger partial charge in [0.1, 0.15) is 5.82 Å². The molecule has 3 heteroatoms. The minimum absolute atomic E-state index is 0.115. The highest BCUT2D eigenvalue weighted by Gasteiger charge is 2.14. The second-order valence-corrected chi connectivity index (χ2v) is 5.04. The third kappa shape index (κ3) is 4.14. The molecule has 0 aliphatic carbocycles. The third-order valence-electron chi connectivity index (χ3n) is 2.67. The predicted octanol–water partition coefficient (Wildman–Crippen LogP) is 4.14. The van der Waals surface area contributed by atoms with Crippen molar-refractivity contribution in [2.75, 3.05) is 6.54 Å². The monoisotopic (exact) mass is 255 g/mol. The van der Waals surface area contributed by atoms with Crippen LogP contribution in [0.4, 0.5) is 4.39 Å². The van der Waals surface area contributed by atoms with Gasteiger partial charge in [0.25, 0.3) is 0 Å². The van der Waals surface area contributed by atoms with Crippen LogP contribution in [0.5, 0.6) is 0 Å². The van der Waals surface area contributed by atoms with Crippen molar-refractivity contribution in [3.05, 3.63) is 46.8 Å². The second-order valence-electron chi connectivity index (χ2n) is 4.64. The molecule has 0 aliphatic rings. The van der Waals surface area contributed by atoms with E-state index < -0.39 is 0 Å². The van der Waals surface area contributed by atoms with Crippen LogP contribution in [0.3, 0.4) is 0 Å². The quantitative estimate of drug-likeness (QED) is 0.780. The number of nitrogens with one attached hydrogen (secondary N) is 1. The van der Waals surface area contributed by atoms with Crippen molar-refractivity contribution >= 4 is 11.6 Å². The lowest BCUT2D eigenvalue weighted by Gasteiger charge is -2.20. The molecule has 0 saturated carbocycles. The molecule has 1 aromatic rings. The molecule has 0 fully saturated rings. The van der Waals surface area contributed by atoms with E-state index >= 15 is 0 Å². The number of hydrogen-bond donors (Lipinski definition) is 1.